The maximum Gasteiger partial charge on any atom is 0.278 e. The van der Waals surface area contributed by atoms with Gasteiger partial charge < -0.3 is 10.6 Å². The Balaban J connectivity index is 1.54. The van der Waals surface area contributed by atoms with E-state index in [9.17, 15) is 13.2 Å². The van der Waals surface area contributed by atoms with Crippen molar-refractivity contribution in [2.45, 2.75) is 50.6 Å². The normalized spacial score (nSPS) is 15.4. The zero-order valence-electron chi connectivity index (χ0n) is 16.7. The second-order valence-electron chi connectivity index (χ2n) is 7.65. The first kappa shape index (κ1) is 19.8. The minimum absolute atomic E-state index is 0.144. The van der Waals surface area contributed by atoms with Crippen LogP contribution < -0.4 is 10.6 Å². The first-order valence-electron chi connectivity index (χ1n) is 9.93. The lowest BCUT2D eigenvalue weighted by molar-refractivity contribution is -0.118. The van der Waals surface area contributed by atoms with E-state index in [2.05, 4.69) is 31.9 Å². The number of hydrogen-bond acceptors (Lipinski definition) is 6. The summed E-state index contributed by atoms with van der Waals surface area (Å²) >= 11 is 0. The van der Waals surface area contributed by atoms with E-state index < -0.39 is 10.0 Å². The molecular formula is C19H26N6O3S. The number of nitrogens with zero attached hydrogens (tertiary/aromatic N) is 3. The third kappa shape index (κ3) is 3.86. The summed E-state index contributed by atoms with van der Waals surface area (Å²) in [5, 5.41) is 13.6. The number of fused-ring (bicyclic) bond motifs is 2. The average Bonchev–Trinajstić information content (AvgIpc) is 3.41. The molecular weight excluding hydrogens is 392 g/mol. The van der Waals surface area contributed by atoms with E-state index in [4.69, 9.17) is 0 Å². The van der Waals surface area contributed by atoms with Crippen LogP contribution in [0.4, 0.5) is 11.6 Å². The highest BCUT2D eigenvalue weighted by molar-refractivity contribution is 7.88. The molecule has 2 aliphatic carbocycles. The van der Waals surface area contributed by atoms with Crippen molar-refractivity contribution in [2.24, 2.45) is 0 Å². The SMILES string of the molecule is CC(=O)NCCN(C)S(=O)(=O)c1nnc(Nc2c3c(cc4c2CCC4)CCC3)[nH]1. The lowest BCUT2D eigenvalue weighted by atomic mass is 9.99. The Morgan fingerprint density at radius 2 is 1.79 bits per heavy atom. The summed E-state index contributed by atoms with van der Waals surface area (Å²) in [6, 6.07) is 2.34. The zero-order valence-corrected chi connectivity index (χ0v) is 17.5. The number of sulfonamides is 1. The third-order valence-electron chi connectivity index (χ3n) is 5.64. The fourth-order valence-corrected chi connectivity index (χ4v) is 5.16. The summed E-state index contributed by atoms with van der Waals surface area (Å²) in [4.78, 5) is 13.8. The summed E-state index contributed by atoms with van der Waals surface area (Å²) in [5.74, 6) is 0.123. The Hall–Kier alpha value is -2.46. The minimum atomic E-state index is -3.82. The molecule has 0 fully saturated rings. The maximum atomic E-state index is 12.7. The lowest BCUT2D eigenvalue weighted by Gasteiger charge is -2.16. The van der Waals surface area contributed by atoms with Gasteiger partial charge in [0.15, 0.2) is 0 Å². The second-order valence-corrected chi connectivity index (χ2v) is 9.61. The van der Waals surface area contributed by atoms with Gasteiger partial charge in [-0.25, -0.2) is 8.42 Å². The van der Waals surface area contributed by atoms with Crippen molar-refractivity contribution in [1.82, 2.24) is 24.8 Å². The molecule has 3 N–H and O–H groups in total. The van der Waals surface area contributed by atoms with Gasteiger partial charge in [-0.05, 0) is 60.8 Å². The van der Waals surface area contributed by atoms with Gasteiger partial charge in [0.05, 0.1) is 0 Å². The fourth-order valence-electron chi connectivity index (χ4n) is 4.16. The van der Waals surface area contributed by atoms with Gasteiger partial charge in [-0.2, -0.15) is 4.31 Å². The summed E-state index contributed by atoms with van der Waals surface area (Å²) in [7, 11) is -2.37. The van der Waals surface area contributed by atoms with Gasteiger partial charge in [-0.3, -0.25) is 9.78 Å². The number of H-pyrrole nitrogens is 1. The van der Waals surface area contributed by atoms with Gasteiger partial charge in [0.2, 0.25) is 11.9 Å². The molecule has 156 valence electrons. The summed E-state index contributed by atoms with van der Waals surface area (Å²) < 4.78 is 26.5. The molecule has 0 spiro atoms. The highest BCUT2D eigenvalue weighted by Gasteiger charge is 2.27. The minimum Gasteiger partial charge on any atom is -0.355 e. The van der Waals surface area contributed by atoms with Crippen LogP contribution in [-0.2, 0) is 40.5 Å². The van der Waals surface area contributed by atoms with Crippen LogP contribution >= 0.6 is 0 Å². The predicted octanol–water partition coefficient (Wildman–Crippen LogP) is 1.28. The Kier molecular flexibility index (Phi) is 5.30. The molecule has 0 saturated heterocycles. The van der Waals surface area contributed by atoms with E-state index in [-0.39, 0.29) is 24.2 Å². The average molecular weight is 419 g/mol. The number of hydrogen-bond donors (Lipinski definition) is 3. The molecule has 1 aromatic heterocycles. The molecule has 4 rings (SSSR count). The molecule has 9 nitrogen and oxygen atoms in total. The first-order valence-corrected chi connectivity index (χ1v) is 11.4. The van der Waals surface area contributed by atoms with Crippen LogP contribution in [0, 0.1) is 0 Å². The second kappa shape index (κ2) is 7.75. The standard InChI is InChI=1S/C19H26N6O3S/c1-12(26)20-9-10-25(2)29(27,28)19-22-18(23-24-19)21-17-15-7-3-5-13(15)11-14-6-4-8-16(14)17/h11H,3-10H2,1-2H3,(H,20,26)(H2,21,22,23,24). The van der Waals surface area contributed by atoms with Gasteiger partial charge in [0.1, 0.15) is 0 Å². The van der Waals surface area contributed by atoms with Crippen molar-refractivity contribution in [3.05, 3.63) is 28.3 Å². The molecule has 0 atom stereocenters. The number of aromatic nitrogens is 3. The number of anilines is 2. The number of carbonyl (C=O) groups is 1. The van der Waals surface area contributed by atoms with Crippen LogP contribution in [-0.4, -0.2) is 53.9 Å². The fraction of sp³-hybridized carbons (Fsp3) is 0.526. The van der Waals surface area contributed by atoms with E-state index in [0.29, 0.717) is 5.95 Å². The molecule has 29 heavy (non-hydrogen) atoms. The van der Waals surface area contributed by atoms with E-state index >= 15 is 0 Å². The van der Waals surface area contributed by atoms with Gasteiger partial charge in [-0.15, -0.1) is 10.2 Å². The van der Waals surface area contributed by atoms with Crippen molar-refractivity contribution in [2.75, 3.05) is 25.5 Å². The molecule has 2 aromatic rings. The van der Waals surface area contributed by atoms with E-state index in [0.717, 1.165) is 48.5 Å². The molecule has 1 amide bonds. The number of rotatable bonds is 7. The van der Waals surface area contributed by atoms with Crippen LogP contribution in [0.25, 0.3) is 0 Å². The lowest BCUT2D eigenvalue weighted by Crippen LogP contribution is -2.35. The number of nitrogens with one attached hydrogen (secondary N) is 3. The monoisotopic (exact) mass is 418 g/mol. The summed E-state index contributed by atoms with van der Waals surface area (Å²) in [6.07, 6.45) is 6.51. The third-order valence-corrected chi connectivity index (χ3v) is 7.31. The van der Waals surface area contributed by atoms with Crippen LogP contribution in [0.1, 0.15) is 42.0 Å². The zero-order chi connectivity index (χ0) is 20.6. The molecule has 0 bridgehead atoms. The molecule has 0 unspecified atom stereocenters. The number of carbonyl (C=O) groups excluding carboxylic acids is 1. The van der Waals surface area contributed by atoms with Crippen molar-refractivity contribution < 1.29 is 13.2 Å². The van der Waals surface area contributed by atoms with Gasteiger partial charge in [0, 0.05) is 32.7 Å². The smallest absolute Gasteiger partial charge is 0.278 e. The Labute approximate surface area is 170 Å². The molecule has 10 heteroatoms. The molecule has 1 aromatic carbocycles. The highest BCUT2D eigenvalue weighted by Crippen LogP contribution is 2.39. The Bertz CT molecular complexity index is 1010. The van der Waals surface area contributed by atoms with Crippen LogP contribution in [0.3, 0.4) is 0 Å². The van der Waals surface area contributed by atoms with Gasteiger partial charge in [0.25, 0.3) is 15.2 Å². The highest BCUT2D eigenvalue weighted by atomic mass is 32.2. The molecule has 0 aliphatic heterocycles. The largest absolute Gasteiger partial charge is 0.355 e. The summed E-state index contributed by atoms with van der Waals surface area (Å²) in [5.41, 5.74) is 6.49. The van der Waals surface area contributed by atoms with E-state index in [1.807, 2.05) is 0 Å². The van der Waals surface area contributed by atoms with Gasteiger partial charge in [-0.1, -0.05) is 6.07 Å². The van der Waals surface area contributed by atoms with Crippen LogP contribution in [0.5, 0.6) is 0 Å². The molecule has 1 heterocycles. The molecule has 0 saturated carbocycles. The topological polar surface area (TPSA) is 120 Å². The summed E-state index contributed by atoms with van der Waals surface area (Å²) in [6.45, 7) is 1.76. The Morgan fingerprint density at radius 1 is 1.14 bits per heavy atom. The maximum absolute atomic E-state index is 12.7. The number of aromatic amines is 1. The van der Waals surface area contributed by atoms with E-state index in [1.165, 1.54) is 36.2 Å². The van der Waals surface area contributed by atoms with Crippen molar-refractivity contribution in [1.29, 1.82) is 0 Å². The van der Waals surface area contributed by atoms with Crippen molar-refractivity contribution in [3.63, 3.8) is 0 Å². The number of benzene rings is 1. The van der Waals surface area contributed by atoms with Crippen molar-refractivity contribution >= 4 is 27.6 Å². The quantitative estimate of drug-likeness (QED) is 0.623. The first-order chi connectivity index (χ1) is 13.9. The Morgan fingerprint density at radius 3 is 2.41 bits per heavy atom. The molecule has 0 radical (unpaired) electrons. The number of likely N-dealkylation sites (N-methyl/N-ethyl adjacent to an activating group) is 1. The molecule has 2 aliphatic rings. The number of amides is 1. The van der Waals surface area contributed by atoms with Crippen molar-refractivity contribution in [3.8, 4) is 0 Å². The van der Waals surface area contributed by atoms with Crippen LogP contribution in [0.2, 0.25) is 0 Å². The van der Waals surface area contributed by atoms with Gasteiger partial charge >= 0.3 is 0 Å². The van der Waals surface area contributed by atoms with E-state index in [1.54, 1.807) is 0 Å². The number of aryl methyl sites for hydroxylation is 2. The van der Waals surface area contributed by atoms with Crippen LogP contribution in [0.15, 0.2) is 11.2 Å². The predicted molar refractivity (Wildman–Crippen MR) is 109 cm³/mol.